The van der Waals surface area contributed by atoms with Crippen molar-refractivity contribution in [1.29, 1.82) is 0 Å². The van der Waals surface area contributed by atoms with Gasteiger partial charge in [0.15, 0.2) is 0 Å². The fourth-order valence-electron chi connectivity index (χ4n) is 2.15. The van der Waals surface area contributed by atoms with Crippen molar-refractivity contribution in [1.82, 2.24) is 4.90 Å². The van der Waals surface area contributed by atoms with Crippen LogP contribution in [0.4, 0.5) is 5.69 Å². The summed E-state index contributed by atoms with van der Waals surface area (Å²) in [5.41, 5.74) is 0.933. The number of benzene rings is 1. The molecular formula is C12H13BrN2O. The highest BCUT2D eigenvalue weighted by Crippen LogP contribution is 2.33. The largest absolute Gasteiger partial charge is 0.483 e. The highest BCUT2D eigenvalue weighted by Gasteiger charge is 2.20. The molecule has 0 amide bonds. The van der Waals surface area contributed by atoms with Crippen molar-refractivity contribution in [3.05, 3.63) is 22.7 Å². The number of halogens is 1. The van der Waals surface area contributed by atoms with Gasteiger partial charge in [0.05, 0.1) is 0 Å². The summed E-state index contributed by atoms with van der Waals surface area (Å²) in [6.07, 6.45) is 2.54. The molecule has 0 unspecified atom stereocenters. The number of hydrogen-bond acceptors (Lipinski definition) is 3. The Bertz CT molecular complexity index is 439. The number of hydrogen-bond donors (Lipinski definition) is 0. The smallest absolute Gasteiger partial charge is 0.146 e. The lowest BCUT2D eigenvalue weighted by Crippen LogP contribution is -2.33. The van der Waals surface area contributed by atoms with Crippen molar-refractivity contribution in [2.75, 3.05) is 19.7 Å². The summed E-state index contributed by atoms with van der Waals surface area (Å²) < 4.78 is 6.75. The van der Waals surface area contributed by atoms with Crippen LogP contribution in [0.15, 0.2) is 27.7 Å². The maximum absolute atomic E-state index is 5.71. The number of nitrogens with zero attached hydrogens (tertiary/aromatic N) is 2. The van der Waals surface area contributed by atoms with Crippen molar-refractivity contribution in [3.63, 3.8) is 0 Å². The van der Waals surface area contributed by atoms with E-state index in [-0.39, 0.29) is 0 Å². The Morgan fingerprint density at radius 3 is 2.88 bits per heavy atom. The van der Waals surface area contributed by atoms with Gasteiger partial charge in [-0.1, -0.05) is 15.9 Å². The van der Waals surface area contributed by atoms with Crippen LogP contribution < -0.4 is 4.74 Å². The monoisotopic (exact) mass is 280 g/mol. The minimum absolute atomic E-state index is 0.606. The van der Waals surface area contributed by atoms with Gasteiger partial charge in [0.25, 0.3) is 0 Å². The quantitative estimate of drug-likeness (QED) is 0.730. The first-order valence-corrected chi connectivity index (χ1v) is 6.37. The minimum atomic E-state index is 0.606. The normalized spacial score (nSPS) is 19.1. The average molecular weight is 281 g/mol. The topological polar surface area (TPSA) is 24.8 Å². The van der Waals surface area contributed by atoms with Gasteiger partial charge in [-0.2, -0.15) is 0 Å². The van der Waals surface area contributed by atoms with Gasteiger partial charge in [-0.15, -0.1) is 0 Å². The lowest BCUT2D eigenvalue weighted by Gasteiger charge is -2.24. The third-order valence-corrected chi connectivity index (χ3v) is 3.49. The Morgan fingerprint density at radius 2 is 2.06 bits per heavy atom. The van der Waals surface area contributed by atoms with E-state index in [9.17, 15) is 0 Å². The molecule has 4 heteroatoms. The van der Waals surface area contributed by atoms with Crippen molar-refractivity contribution < 1.29 is 4.74 Å². The van der Waals surface area contributed by atoms with Crippen LogP contribution in [-0.4, -0.2) is 30.4 Å². The molecule has 1 saturated heterocycles. The van der Waals surface area contributed by atoms with Gasteiger partial charge in [-0.25, -0.2) is 4.99 Å². The molecule has 1 aromatic carbocycles. The molecular weight excluding hydrogens is 268 g/mol. The summed E-state index contributed by atoms with van der Waals surface area (Å²) in [5, 5.41) is 0. The van der Waals surface area contributed by atoms with Crippen molar-refractivity contribution in [2.45, 2.75) is 12.8 Å². The van der Waals surface area contributed by atoms with Crippen LogP contribution in [0.2, 0.25) is 0 Å². The summed E-state index contributed by atoms with van der Waals surface area (Å²) in [5.74, 6) is 1.95. The summed E-state index contributed by atoms with van der Waals surface area (Å²) >= 11 is 3.46. The zero-order valence-electron chi connectivity index (χ0n) is 8.95. The molecule has 1 aromatic rings. The van der Waals surface area contributed by atoms with Crippen molar-refractivity contribution in [3.8, 4) is 5.75 Å². The van der Waals surface area contributed by atoms with Crippen LogP contribution >= 0.6 is 15.9 Å². The molecule has 2 aliphatic heterocycles. The summed E-state index contributed by atoms with van der Waals surface area (Å²) in [7, 11) is 0. The molecule has 84 valence electrons. The van der Waals surface area contributed by atoms with Gasteiger partial charge >= 0.3 is 0 Å². The summed E-state index contributed by atoms with van der Waals surface area (Å²) in [6.45, 7) is 2.84. The first-order valence-electron chi connectivity index (χ1n) is 5.58. The van der Waals surface area contributed by atoms with E-state index in [1.54, 1.807) is 0 Å². The van der Waals surface area contributed by atoms with E-state index in [0.29, 0.717) is 6.61 Å². The van der Waals surface area contributed by atoms with Crippen LogP contribution in [0.5, 0.6) is 5.75 Å². The number of likely N-dealkylation sites (tertiary alicyclic amines) is 1. The van der Waals surface area contributed by atoms with Gasteiger partial charge in [0.2, 0.25) is 0 Å². The van der Waals surface area contributed by atoms with E-state index in [4.69, 9.17) is 4.74 Å². The van der Waals surface area contributed by atoms with E-state index in [1.807, 2.05) is 18.2 Å². The number of fused-ring (bicyclic) bond motifs is 1. The molecule has 3 nitrogen and oxygen atoms in total. The molecule has 0 bridgehead atoms. The highest BCUT2D eigenvalue weighted by molar-refractivity contribution is 9.10. The molecule has 2 aliphatic rings. The maximum atomic E-state index is 5.71. The predicted octanol–water partition coefficient (Wildman–Crippen LogP) is 2.97. The Morgan fingerprint density at radius 1 is 1.25 bits per heavy atom. The zero-order valence-corrected chi connectivity index (χ0v) is 10.5. The molecule has 1 fully saturated rings. The Kier molecular flexibility index (Phi) is 2.59. The standard InChI is InChI=1S/C12H13BrN2O/c13-9-3-4-11-10(7-9)14-12(8-16-11)15-5-1-2-6-15/h3-4,7H,1-2,5-6,8H2. The van der Waals surface area contributed by atoms with Crippen LogP contribution in [-0.2, 0) is 0 Å². The third kappa shape index (κ3) is 1.82. The van der Waals surface area contributed by atoms with Gasteiger partial charge in [-0.3, -0.25) is 0 Å². The second-order valence-corrected chi connectivity index (χ2v) is 5.04. The van der Waals surface area contributed by atoms with E-state index in [2.05, 4.69) is 25.8 Å². The third-order valence-electron chi connectivity index (χ3n) is 3.00. The van der Waals surface area contributed by atoms with Gasteiger partial charge < -0.3 is 9.64 Å². The fourth-order valence-corrected chi connectivity index (χ4v) is 2.50. The molecule has 3 rings (SSSR count). The van der Waals surface area contributed by atoms with E-state index < -0.39 is 0 Å². The van der Waals surface area contributed by atoms with Crippen LogP contribution in [0.1, 0.15) is 12.8 Å². The molecule has 0 aromatic heterocycles. The molecule has 0 spiro atoms. The SMILES string of the molecule is Brc1ccc2c(c1)N=C(N1CCCC1)CO2. The summed E-state index contributed by atoms with van der Waals surface area (Å²) in [6, 6.07) is 5.95. The molecule has 0 radical (unpaired) electrons. The first-order chi connectivity index (χ1) is 7.83. The second kappa shape index (κ2) is 4.09. The number of amidine groups is 1. The predicted molar refractivity (Wildman–Crippen MR) is 67.5 cm³/mol. The molecule has 0 aliphatic carbocycles. The van der Waals surface area contributed by atoms with Gasteiger partial charge in [-0.05, 0) is 31.0 Å². The highest BCUT2D eigenvalue weighted by atomic mass is 79.9. The van der Waals surface area contributed by atoms with Gasteiger partial charge in [0.1, 0.15) is 23.9 Å². The summed E-state index contributed by atoms with van der Waals surface area (Å²) in [4.78, 5) is 7.00. The molecule has 2 heterocycles. The molecule has 0 saturated carbocycles. The second-order valence-electron chi connectivity index (χ2n) is 4.12. The average Bonchev–Trinajstić information content (AvgIpc) is 2.81. The zero-order chi connectivity index (χ0) is 11.0. The maximum Gasteiger partial charge on any atom is 0.146 e. The van der Waals surface area contributed by atoms with Crippen LogP contribution in [0, 0.1) is 0 Å². The first kappa shape index (κ1) is 10.1. The van der Waals surface area contributed by atoms with E-state index in [1.165, 1.54) is 12.8 Å². The van der Waals surface area contributed by atoms with Crippen LogP contribution in [0.25, 0.3) is 0 Å². The van der Waals surface area contributed by atoms with Crippen LogP contribution in [0.3, 0.4) is 0 Å². The Hall–Kier alpha value is -1.03. The number of aliphatic imine (C=N–C) groups is 1. The molecule has 0 N–H and O–H groups in total. The van der Waals surface area contributed by atoms with E-state index in [0.717, 1.165) is 34.8 Å². The van der Waals surface area contributed by atoms with Crippen molar-refractivity contribution in [2.24, 2.45) is 4.99 Å². The minimum Gasteiger partial charge on any atom is -0.483 e. The van der Waals surface area contributed by atoms with Gasteiger partial charge in [0, 0.05) is 17.6 Å². The fraction of sp³-hybridized carbons (Fsp3) is 0.417. The Labute approximate surface area is 103 Å². The number of rotatable bonds is 0. The van der Waals surface area contributed by atoms with E-state index >= 15 is 0 Å². The number of ether oxygens (including phenoxy) is 1. The lowest BCUT2D eigenvalue weighted by molar-refractivity contribution is 0.345. The lowest BCUT2D eigenvalue weighted by atomic mass is 10.3. The molecule has 16 heavy (non-hydrogen) atoms. The van der Waals surface area contributed by atoms with Crippen molar-refractivity contribution >= 4 is 27.5 Å². The Balaban J connectivity index is 1.93. The molecule has 0 atom stereocenters.